The van der Waals surface area contributed by atoms with Crippen molar-refractivity contribution in [3.05, 3.63) is 22.4 Å². The van der Waals surface area contributed by atoms with Crippen LogP contribution in [0.5, 0.6) is 0 Å². The van der Waals surface area contributed by atoms with E-state index in [2.05, 4.69) is 29.5 Å². The van der Waals surface area contributed by atoms with Gasteiger partial charge in [-0.05, 0) is 38.0 Å². The standard InChI is InChI=1S/C9H16N2S/c1-11(6-3-5-10)8-9-4-2-7-12-9/h2,4,7H,3,5-6,8,10H2,1H3. The smallest absolute Gasteiger partial charge is 0.0324 e. The summed E-state index contributed by atoms with van der Waals surface area (Å²) in [5, 5.41) is 2.12. The van der Waals surface area contributed by atoms with Crippen LogP contribution in [0.1, 0.15) is 11.3 Å². The molecule has 1 aromatic rings. The molecule has 0 atom stereocenters. The zero-order valence-corrected chi connectivity index (χ0v) is 8.31. The fourth-order valence-corrected chi connectivity index (χ4v) is 1.89. The molecule has 3 heteroatoms. The number of hydrogen-bond donors (Lipinski definition) is 1. The third-order valence-electron chi connectivity index (χ3n) is 1.75. The lowest BCUT2D eigenvalue weighted by Crippen LogP contribution is -2.20. The third kappa shape index (κ3) is 3.34. The maximum atomic E-state index is 5.43. The van der Waals surface area contributed by atoms with Crippen LogP contribution in [0.15, 0.2) is 17.5 Å². The Balaban J connectivity index is 2.22. The lowest BCUT2D eigenvalue weighted by Gasteiger charge is -2.14. The molecule has 0 aromatic carbocycles. The highest BCUT2D eigenvalue weighted by molar-refractivity contribution is 7.09. The molecule has 0 aliphatic carbocycles. The molecule has 0 aliphatic heterocycles. The van der Waals surface area contributed by atoms with Crippen LogP contribution < -0.4 is 5.73 Å². The van der Waals surface area contributed by atoms with Crippen LogP contribution in [0.25, 0.3) is 0 Å². The second kappa shape index (κ2) is 5.30. The molecule has 0 radical (unpaired) electrons. The van der Waals surface area contributed by atoms with E-state index in [-0.39, 0.29) is 0 Å². The zero-order chi connectivity index (χ0) is 8.81. The van der Waals surface area contributed by atoms with Crippen LogP contribution in [0.4, 0.5) is 0 Å². The van der Waals surface area contributed by atoms with E-state index in [9.17, 15) is 0 Å². The quantitative estimate of drug-likeness (QED) is 0.752. The van der Waals surface area contributed by atoms with Gasteiger partial charge in [0, 0.05) is 11.4 Å². The molecule has 1 rings (SSSR count). The lowest BCUT2D eigenvalue weighted by atomic mass is 10.3. The first-order valence-corrected chi connectivity index (χ1v) is 5.12. The van der Waals surface area contributed by atoms with Gasteiger partial charge in [-0.15, -0.1) is 11.3 Å². The molecule has 0 amide bonds. The van der Waals surface area contributed by atoms with Gasteiger partial charge in [-0.25, -0.2) is 0 Å². The van der Waals surface area contributed by atoms with Crippen molar-refractivity contribution in [2.75, 3.05) is 20.1 Å². The molecule has 1 aromatic heterocycles. The highest BCUT2D eigenvalue weighted by Crippen LogP contribution is 2.10. The minimum Gasteiger partial charge on any atom is -0.330 e. The predicted molar refractivity (Wildman–Crippen MR) is 54.3 cm³/mol. The first kappa shape index (κ1) is 9.71. The Hall–Kier alpha value is -0.380. The van der Waals surface area contributed by atoms with E-state index in [4.69, 9.17) is 5.73 Å². The van der Waals surface area contributed by atoms with Crippen molar-refractivity contribution in [2.45, 2.75) is 13.0 Å². The van der Waals surface area contributed by atoms with Gasteiger partial charge in [-0.2, -0.15) is 0 Å². The predicted octanol–water partition coefficient (Wildman–Crippen LogP) is 1.53. The van der Waals surface area contributed by atoms with Crippen LogP contribution in [-0.4, -0.2) is 25.0 Å². The van der Waals surface area contributed by atoms with Gasteiger partial charge in [0.1, 0.15) is 0 Å². The molecule has 1 heterocycles. The second-order valence-corrected chi connectivity index (χ2v) is 3.99. The summed E-state index contributed by atoms with van der Waals surface area (Å²) < 4.78 is 0. The van der Waals surface area contributed by atoms with E-state index in [1.807, 2.05) is 11.3 Å². The molecule has 0 saturated carbocycles. The Morgan fingerprint density at radius 2 is 2.42 bits per heavy atom. The van der Waals surface area contributed by atoms with Gasteiger partial charge in [-0.1, -0.05) is 6.07 Å². The van der Waals surface area contributed by atoms with Crippen LogP contribution in [0.2, 0.25) is 0 Å². The third-order valence-corrected chi connectivity index (χ3v) is 2.61. The van der Waals surface area contributed by atoms with Crippen molar-refractivity contribution in [1.82, 2.24) is 4.90 Å². The molecule has 0 bridgehead atoms. The van der Waals surface area contributed by atoms with Gasteiger partial charge < -0.3 is 10.6 Å². The van der Waals surface area contributed by atoms with E-state index < -0.39 is 0 Å². The van der Waals surface area contributed by atoms with Crippen molar-refractivity contribution in [3.63, 3.8) is 0 Å². The summed E-state index contributed by atoms with van der Waals surface area (Å²) in [7, 11) is 2.13. The molecule has 0 spiro atoms. The second-order valence-electron chi connectivity index (χ2n) is 2.96. The van der Waals surface area contributed by atoms with Gasteiger partial charge in [0.05, 0.1) is 0 Å². The number of hydrogen-bond acceptors (Lipinski definition) is 3. The van der Waals surface area contributed by atoms with E-state index in [0.29, 0.717) is 0 Å². The summed E-state index contributed by atoms with van der Waals surface area (Å²) >= 11 is 1.81. The Morgan fingerprint density at radius 1 is 1.58 bits per heavy atom. The summed E-state index contributed by atoms with van der Waals surface area (Å²) in [5.74, 6) is 0. The summed E-state index contributed by atoms with van der Waals surface area (Å²) in [6.07, 6.45) is 1.09. The topological polar surface area (TPSA) is 29.3 Å². The minimum atomic E-state index is 0.786. The molecule has 0 unspecified atom stereocenters. The van der Waals surface area contributed by atoms with Crippen molar-refractivity contribution >= 4 is 11.3 Å². The van der Waals surface area contributed by atoms with Gasteiger partial charge in [0.2, 0.25) is 0 Å². The van der Waals surface area contributed by atoms with Gasteiger partial charge in [0.15, 0.2) is 0 Å². The fraction of sp³-hybridized carbons (Fsp3) is 0.556. The highest BCUT2D eigenvalue weighted by Gasteiger charge is 1.99. The van der Waals surface area contributed by atoms with Crippen molar-refractivity contribution in [3.8, 4) is 0 Å². The van der Waals surface area contributed by atoms with E-state index in [1.54, 1.807) is 0 Å². The molecular formula is C9H16N2S. The summed E-state index contributed by atoms with van der Waals surface area (Å²) in [6, 6.07) is 4.26. The monoisotopic (exact) mass is 184 g/mol. The largest absolute Gasteiger partial charge is 0.330 e. The SMILES string of the molecule is CN(CCCN)Cc1cccs1. The molecular weight excluding hydrogens is 168 g/mol. The van der Waals surface area contributed by atoms with E-state index in [1.165, 1.54) is 4.88 Å². The zero-order valence-electron chi connectivity index (χ0n) is 7.49. The molecule has 2 N–H and O–H groups in total. The van der Waals surface area contributed by atoms with Gasteiger partial charge in [0.25, 0.3) is 0 Å². The van der Waals surface area contributed by atoms with E-state index >= 15 is 0 Å². The highest BCUT2D eigenvalue weighted by atomic mass is 32.1. The average molecular weight is 184 g/mol. The number of thiophene rings is 1. The van der Waals surface area contributed by atoms with Crippen molar-refractivity contribution in [2.24, 2.45) is 5.73 Å². The summed E-state index contributed by atoms with van der Waals surface area (Å²) in [4.78, 5) is 3.73. The molecule has 2 nitrogen and oxygen atoms in total. The molecule has 0 saturated heterocycles. The number of nitrogens with two attached hydrogens (primary N) is 1. The Kier molecular flexibility index (Phi) is 4.29. The fourth-order valence-electron chi connectivity index (χ4n) is 1.11. The van der Waals surface area contributed by atoms with Gasteiger partial charge >= 0.3 is 0 Å². The first-order chi connectivity index (χ1) is 5.83. The lowest BCUT2D eigenvalue weighted by molar-refractivity contribution is 0.327. The number of rotatable bonds is 5. The normalized spacial score (nSPS) is 10.9. The Bertz CT molecular complexity index is 196. The molecule has 0 fully saturated rings. The maximum Gasteiger partial charge on any atom is 0.0324 e. The summed E-state index contributed by atoms with van der Waals surface area (Å²) in [5.41, 5.74) is 5.43. The maximum absolute atomic E-state index is 5.43. The van der Waals surface area contributed by atoms with Crippen molar-refractivity contribution in [1.29, 1.82) is 0 Å². The Labute approximate surface area is 78.0 Å². The molecule has 12 heavy (non-hydrogen) atoms. The first-order valence-electron chi connectivity index (χ1n) is 4.24. The molecule has 68 valence electrons. The van der Waals surface area contributed by atoms with Crippen LogP contribution >= 0.6 is 11.3 Å². The Morgan fingerprint density at radius 3 is 3.00 bits per heavy atom. The van der Waals surface area contributed by atoms with Crippen LogP contribution in [0.3, 0.4) is 0 Å². The van der Waals surface area contributed by atoms with Crippen LogP contribution in [-0.2, 0) is 6.54 Å². The van der Waals surface area contributed by atoms with E-state index in [0.717, 1.165) is 26.1 Å². The number of nitrogens with zero attached hydrogens (tertiary/aromatic N) is 1. The summed E-state index contributed by atoms with van der Waals surface area (Å²) in [6.45, 7) is 2.93. The average Bonchev–Trinajstić information content (AvgIpc) is 2.53. The minimum absolute atomic E-state index is 0.786. The molecule has 0 aliphatic rings. The van der Waals surface area contributed by atoms with Gasteiger partial charge in [-0.3, -0.25) is 0 Å². The van der Waals surface area contributed by atoms with Crippen molar-refractivity contribution < 1.29 is 0 Å². The van der Waals surface area contributed by atoms with Crippen LogP contribution in [0, 0.1) is 0 Å².